The van der Waals surface area contributed by atoms with Gasteiger partial charge in [-0.1, -0.05) is 30.3 Å². The molecule has 0 unspecified atom stereocenters. The van der Waals surface area contributed by atoms with Crippen molar-refractivity contribution in [2.75, 3.05) is 30.9 Å². The van der Waals surface area contributed by atoms with Crippen LogP contribution in [0.3, 0.4) is 0 Å². The Balaban J connectivity index is 1.99. The Morgan fingerprint density at radius 3 is 2.29 bits per heavy atom. The molecule has 0 aliphatic heterocycles. The zero-order valence-corrected chi connectivity index (χ0v) is 18.4. The molecule has 0 aliphatic carbocycles. The number of benzene rings is 2. The average molecular weight is 412 g/mol. The van der Waals surface area contributed by atoms with E-state index in [2.05, 4.69) is 39.1 Å². The van der Waals surface area contributed by atoms with Crippen LogP contribution in [0, 0.1) is 6.92 Å². The summed E-state index contributed by atoms with van der Waals surface area (Å²) in [6.45, 7) is 3.51. The smallest absolute Gasteiger partial charge is 0.233 e. The first kappa shape index (κ1) is 20.5. The van der Waals surface area contributed by atoms with Gasteiger partial charge >= 0.3 is 0 Å². The number of hydrogen-bond donors (Lipinski definition) is 0. The molecule has 1 amide bonds. The maximum atomic E-state index is 12.0. The van der Waals surface area contributed by atoms with Crippen LogP contribution in [0.15, 0.2) is 60.8 Å². The zero-order valence-electron chi connectivity index (χ0n) is 18.4. The molecule has 0 saturated carbocycles. The van der Waals surface area contributed by atoms with E-state index in [1.54, 1.807) is 13.2 Å². The first-order chi connectivity index (χ1) is 14.9. The average Bonchev–Trinajstić information content (AvgIpc) is 2.77. The Morgan fingerprint density at radius 2 is 1.61 bits per heavy atom. The van der Waals surface area contributed by atoms with Gasteiger partial charge in [-0.15, -0.1) is 0 Å². The van der Waals surface area contributed by atoms with E-state index in [1.807, 2.05) is 51.4 Å². The molecule has 4 rings (SSSR count). The molecule has 6 nitrogen and oxygen atoms in total. The van der Waals surface area contributed by atoms with E-state index in [0.29, 0.717) is 5.95 Å². The van der Waals surface area contributed by atoms with Crippen LogP contribution in [-0.4, -0.2) is 42.0 Å². The van der Waals surface area contributed by atoms with Gasteiger partial charge in [0.25, 0.3) is 0 Å². The van der Waals surface area contributed by atoms with E-state index in [9.17, 15) is 4.79 Å². The van der Waals surface area contributed by atoms with Gasteiger partial charge in [0.05, 0.1) is 11.2 Å². The lowest BCUT2D eigenvalue weighted by atomic mass is 9.94. The molecule has 0 atom stereocenters. The number of amides is 1. The van der Waals surface area contributed by atoms with Gasteiger partial charge in [-0.25, -0.2) is 9.97 Å². The Hall–Kier alpha value is -3.80. The van der Waals surface area contributed by atoms with E-state index in [1.165, 1.54) is 11.8 Å². The number of aryl methyl sites for hydroxylation is 1. The molecule has 0 saturated heterocycles. The number of para-hydroxylation sites is 1. The van der Waals surface area contributed by atoms with Crippen molar-refractivity contribution in [2.45, 2.75) is 13.8 Å². The van der Waals surface area contributed by atoms with Crippen LogP contribution in [-0.2, 0) is 4.79 Å². The predicted molar refractivity (Wildman–Crippen MR) is 126 cm³/mol. The van der Waals surface area contributed by atoms with E-state index in [-0.39, 0.29) is 5.91 Å². The molecule has 2 aromatic carbocycles. The number of carbonyl (C=O) groups excluding carboxylic acids is 1. The Kier molecular flexibility index (Phi) is 5.38. The summed E-state index contributed by atoms with van der Waals surface area (Å²) in [5, 5.41) is 0.931. The fraction of sp³-hybridized carbons (Fsp3) is 0.200. The van der Waals surface area contributed by atoms with Gasteiger partial charge in [-0.05, 0) is 36.8 Å². The lowest BCUT2D eigenvalue weighted by Gasteiger charge is -2.18. The molecule has 0 aliphatic rings. The highest BCUT2D eigenvalue weighted by atomic mass is 16.2. The molecule has 2 heterocycles. The predicted octanol–water partition coefficient (Wildman–Crippen LogP) is 4.72. The zero-order chi connectivity index (χ0) is 22.1. The van der Waals surface area contributed by atoms with E-state index >= 15 is 0 Å². The molecule has 0 N–H and O–H groups in total. The van der Waals surface area contributed by atoms with E-state index in [4.69, 9.17) is 4.98 Å². The molecule has 4 aromatic rings. The standard InChI is InChI=1S/C25H25N5O/c1-16-23(18-10-12-19(13-11-18)29(3)4)21(14-15-26-16)24-20-8-6-7-9-22(20)27-25(28-24)30(5)17(2)31/h6-15H,1-5H3. The van der Waals surface area contributed by atoms with Crippen LogP contribution < -0.4 is 9.80 Å². The highest BCUT2D eigenvalue weighted by Crippen LogP contribution is 2.37. The first-order valence-corrected chi connectivity index (χ1v) is 10.1. The Bertz CT molecular complexity index is 1260. The summed E-state index contributed by atoms with van der Waals surface area (Å²) in [5.41, 5.74) is 6.67. The van der Waals surface area contributed by atoms with Crippen LogP contribution in [0.25, 0.3) is 33.3 Å². The molecule has 31 heavy (non-hydrogen) atoms. The lowest BCUT2D eigenvalue weighted by molar-refractivity contribution is -0.116. The van der Waals surface area contributed by atoms with Gasteiger partial charge in [-0.3, -0.25) is 14.7 Å². The van der Waals surface area contributed by atoms with Crippen molar-refractivity contribution >= 4 is 28.4 Å². The summed E-state index contributed by atoms with van der Waals surface area (Å²) in [6.07, 6.45) is 1.80. The first-order valence-electron chi connectivity index (χ1n) is 10.1. The molecule has 156 valence electrons. The second-order valence-electron chi connectivity index (χ2n) is 7.73. The summed E-state index contributed by atoms with van der Waals surface area (Å²) in [6, 6.07) is 18.3. The Labute approximate surface area is 182 Å². The van der Waals surface area contributed by atoms with E-state index < -0.39 is 0 Å². The lowest BCUT2D eigenvalue weighted by Crippen LogP contribution is -2.25. The number of fused-ring (bicyclic) bond motifs is 1. The van der Waals surface area contributed by atoms with Gasteiger partial charge in [0, 0.05) is 62.2 Å². The van der Waals surface area contributed by atoms with E-state index in [0.717, 1.165) is 44.7 Å². The van der Waals surface area contributed by atoms with Crippen LogP contribution in [0.2, 0.25) is 0 Å². The van der Waals surface area contributed by atoms with Crippen molar-refractivity contribution in [3.05, 3.63) is 66.5 Å². The minimum atomic E-state index is -0.119. The topological polar surface area (TPSA) is 62.2 Å². The second kappa shape index (κ2) is 8.14. The highest BCUT2D eigenvalue weighted by molar-refractivity contribution is 5.99. The maximum absolute atomic E-state index is 12.0. The van der Waals surface area contributed by atoms with Crippen LogP contribution in [0.4, 0.5) is 11.6 Å². The monoisotopic (exact) mass is 411 g/mol. The normalized spacial score (nSPS) is 10.9. The van der Waals surface area contributed by atoms with Crippen molar-refractivity contribution in [1.29, 1.82) is 0 Å². The molecular formula is C25H25N5O. The third-order valence-electron chi connectivity index (χ3n) is 5.43. The van der Waals surface area contributed by atoms with Gasteiger partial charge in [0.2, 0.25) is 11.9 Å². The third kappa shape index (κ3) is 3.84. The molecule has 0 radical (unpaired) electrons. The van der Waals surface area contributed by atoms with Crippen LogP contribution in [0.1, 0.15) is 12.6 Å². The number of aromatic nitrogens is 3. The largest absolute Gasteiger partial charge is 0.378 e. The summed E-state index contributed by atoms with van der Waals surface area (Å²) in [4.78, 5) is 29.5. The molecular weight excluding hydrogens is 386 g/mol. The van der Waals surface area contributed by atoms with Gasteiger partial charge in [0.1, 0.15) is 0 Å². The molecule has 0 bridgehead atoms. The number of carbonyl (C=O) groups is 1. The molecule has 6 heteroatoms. The fourth-order valence-corrected chi connectivity index (χ4v) is 3.61. The Morgan fingerprint density at radius 1 is 0.903 bits per heavy atom. The summed E-state index contributed by atoms with van der Waals surface area (Å²) >= 11 is 0. The third-order valence-corrected chi connectivity index (χ3v) is 5.43. The summed E-state index contributed by atoms with van der Waals surface area (Å²) in [5.74, 6) is 0.260. The fourth-order valence-electron chi connectivity index (χ4n) is 3.61. The summed E-state index contributed by atoms with van der Waals surface area (Å²) < 4.78 is 0. The van der Waals surface area contributed by atoms with Crippen molar-refractivity contribution < 1.29 is 4.79 Å². The van der Waals surface area contributed by atoms with Gasteiger partial charge in [0.15, 0.2) is 0 Å². The quantitative estimate of drug-likeness (QED) is 0.486. The van der Waals surface area contributed by atoms with Crippen LogP contribution >= 0.6 is 0 Å². The van der Waals surface area contributed by atoms with Crippen molar-refractivity contribution in [3.8, 4) is 22.4 Å². The minimum Gasteiger partial charge on any atom is -0.378 e. The number of anilines is 2. The van der Waals surface area contributed by atoms with Gasteiger partial charge in [-0.2, -0.15) is 0 Å². The highest BCUT2D eigenvalue weighted by Gasteiger charge is 2.19. The number of rotatable bonds is 4. The van der Waals surface area contributed by atoms with Crippen molar-refractivity contribution in [1.82, 2.24) is 15.0 Å². The second-order valence-corrected chi connectivity index (χ2v) is 7.73. The maximum Gasteiger partial charge on any atom is 0.233 e. The minimum absolute atomic E-state index is 0.119. The molecule has 2 aromatic heterocycles. The van der Waals surface area contributed by atoms with Gasteiger partial charge < -0.3 is 4.90 Å². The number of nitrogens with zero attached hydrogens (tertiary/aromatic N) is 5. The molecule has 0 spiro atoms. The van der Waals surface area contributed by atoms with Crippen molar-refractivity contribution in [2.24, 2.45) is 0 Å². The SMILES string of the molecule is CC(=O)N(C)c1nc(-c2ccnc(C)c2-c2ccc(N(C)C)cc2)c2ccccc2n1. The van der Waals surface area contributed by atoms with Crippen molar-refractivity contribution in [3.63, 3.8) is 0 Å². The van der Waals surface area contributed by atoms with Crippen LogP contribution in [0.5, 0.6) is 0 Å². The number of pyridine rings is 1. The number of hydrogen-bond acceptors (Lipinski definition) is 5. The summed E-state index contributed by atoms with van der Waals surface area (Å²) in [7, 11) is 5.74. The molecule has 0 fully saturated rings.